The van der Waals surface area contributed by atoms with Crippen LogP contribution in [0.4, 0.5) is 0 Å². The van der Waals surface area contributed by atoms with Gasteiger partial charge in [-0.1, -0.05) is 18.2 Å². The molecule has 0 aliphatic carbocycles. The Morgan fingerprint density at radius 3 is 2.46 bits per heavy atom. The molecule has 0 saturated carbocycles. The molecule has 1 aromatic rings. The summed E-state index contributed by atoms with van der Waals surface area (Å²) in [6, 6.07) is 5.70. The Morgan fingerprint density at radius 2 is 1.85 bits per heavy atom. The van der Waals surface area contributed by atoms with Crippen molar-refractivity contribution >= 4 is 10.0 Å². The van der Waals surface area contributed by atoms with Gasteiger partial charge in [0, 0.05) is 5.56 Å². The largest absolute Gasteiger partial charge is 0.349 e. The van der Waals surface area contributed by atoms with Crippen LogP contribution in [-0.2, 0) is 15.9 Å². The van der Waals surface area contributed by atoms with Crippen molar-refractivity contribution in [2.75, 3.05) is 0 Å². The van der Waals surface area contributed by atoms with Gasteiger partial charge in [0.2, 0.25) is 10.0 Å². The predicted octanol–water partition coefficient (Wildman–Crippen LogP) is -0.927. The molecular formula is C7H7NO4S. The maximum atomic E-state index is 11.2. The third-order valence-corrected chi connectivity index (χ3v) is 3.32. The van der Waals surface area contributed by atoms with Crippen LogP contribution in [0.2, 0.25) is 0 Å². The topological polar surface area (TPSA) is 86.6 Å². The van der Waals surface area contributed by atoms with E-state index in [9.17, 15) is 18.6 Å². The Labute approximate surface area is 74.7 Å². The average Bonchev–Trinajstić information content (AvgIpc) is 2.20. The van der Waals surface area contributed by atoms with Gasteiger partial charge in [0.05, 0.1) is 4.90 Å². The SMILES string of the molecule is O=S1(=O)NC(O)(O)c2ccccc21. The molecule has 1 aliphatic rings. The first-order valence-corrected chi connectivity index (χ1v) is 5.00. The fraction of sp³-hybridized carbons (Fsp3) is 0.143. The zero-order valence-corrected chi connectivity index (χ0v) is 7.25. The van der Waals surface area contributed by atoms with Crippen molar-refractivity contribution in [1.82, 2.24) is 4.72 Å². The van der Waals surface area contributed by atoms with Crippen molar-refractivity contribution in [1.29, 1.82) is 0 Å². The lowest BCUT2D eigenvalue weighted by Crippen LogP contribution is -2.38. The lowest BCUT2D eigenvalue weighted by atomic mass is 10.2. The van der Waals surface area contributed by atoms with E-state index in [-0.39, 0.29) is 10.5 Å². The van der Waals surface area contributed by atoms with Crippen molar-refractivity contribution in [3.63, 3.8) is 0 Å². The number of sulfonamides is 1. The Kier molecular flexibility index (Phi) is 1.53. The van der Waals surface area contributed by atoms with Crippen LogP contribution >= 0.6 is 0 Å². The normalized spacial score (nSPS) is 22.6. The standard InChI is InChI=1S/C7H7NO4S/c9-7(10)5-3-1-2-4-6(5)13(11,12)8-7/h1-4,8-10H. The molecule has 0 unspecified atom stereocenters. The third kappa shape index (κ3) is 1.15. The van der Waals surface area contributed by atoms with Crippen molar-refractivity contribution in [3.05, 3.63) is 29.8 Å². The van der Waals surface area contributed by atoms with E-state index in [0.29, 0.717) is 0 Å². The molecule has 0 aromatic heterocycles. The fourth-order valence-corrected chi connectivity index (χ4v) is 2.64. The first-order chi connectivity index (χ1) is 5.93. The minimum Gasteiger partial charge on any atom is -0.349 e. The second-order valence-corrected chi connectivity index (χ2v) is 4.42. The molecule has 0 saturated heterocycles. The maximum Gasteiger partial charge on any atom is 0.265 e. The summed E-state index contributed by atoms with van der Waals surface area (Å²) >= 11 is 0. The summed E-state index contributed by atoms with van der Waals surface area (Å²) in [5.41, 5.74) is -0.0463. The molecule has 0 spiro atoms. The first kappa shape index (κ1) is 8.64. The molecule has 0 atom stereocenters. The molecule has 1 heterocycles. The van der Waals surface area contributed by atoms with Crippen molar-refractivity contribution in [2.24, 2.45) is 0 Å². The maximum absolute atomic E-state index is 11.2. The van der Waals surface area contributed by atoms with Gasteiger partial charge in [-0.15, -0.1) is 0 Å². The molecule has 0 amide bonds. The van der Waals surface area contributed by atoms with E-state index in [2.05, 4.69) is 0 Å². The highest BCUT2D eigenvalue weighted by molar-refractivity contribution is 7.89. The molecule has 70 valence electrons. The van der Waals surface area contributed by atoms with E-state index >= 15 is 0 Å². The number of aliphatic hydroxyl groups is 2. The smallest absolute Gasteiger partial charge is 0.265 e. The van der Waals surface area contributed by atoms with E-state index in [4.69, 9.17) is 0 Å². The Bertz CT molecular complexity index is 451. The predicted molar refractivity (Wildman–Crippen MR) is 42.9 cm³/mol. The quantitative estimate of drug-likeness (QED) is 0.473. The lowest BCUT2D eigenvalue weighted by molar-refractivity contribution is -0.175. The summed E-state index contributed by atoms with van der Waals surface area (Å²) < 4.78 is 24.2. The van der Waals surface area contributed by atoms with E-state index in [1.54, 1.807) is 4.72 Å². The molecule has 3 N–H and O–H groups in total. The van der Waals surface area contributed by atoms with Crippen LogP contribution < -0.4 is 4.72 Å². The van der Waals surface area contributed by atoms with Crippen LogP contribution in [0.25, 0.3) is 0 Å². The molecule has 1 aliphatic heterocycles. The summed E-state index contributed by atoms with van der Waals surface area (Å²) in [7, 11) is -3.76. The van der Waals surface area contributed by atoms with Gasteiger partial charge in [0.15, 0.2) is 0 Å². The number of benzene rings is 1. The zero-order valence-electron chi connectivity index (χ0n) is 6.43. The summed E-state index contributed by atoms with van der Waals surface area (Å²) in [5.74, 6) is -2.48. The zero-order chi connectivity index (χ0) is 9.69. The van der Waals surface area contributed by atoms with E-state index in [1.165, 1.54) is 24.3 Å². The van der Waals surface area contributed by atoms with Crippen molar-refractivity contribution < 1.29 is 18.6 Å². The highest BCUT2D eigenvalue weighted by Crippen LogP contribution is 2.31. The highest BCUT2D eigenvalue weighted by atomic mass is 32.2. The van der Waals surface area contributed by atoms with Crippen LogP contribution in [0, 0.1) is 0 Å². The van der Waals surface area contributed by atoms with Crippen LogP contribution in [0.1, 0.15) is 5.56 Å². The molecule has 2 rings (SSSR count). The van der Waals surface area contributed by atoms with Gasteiger partial charge in [-0.2, -0.15) is 4.72 Å². The second kappa shape index (κ2) is 2.30. The lowest BCUT2D eigenvalue weighted by Gasteiger charge is -2.13. The number of hydrogen-bond acceptors (Lipinski definition) is 4. The van der Waals surface area contributed by atoms with Crippen molar-refractivity contribution in [3.8, 4) is 0 Å². The van der Waals surface area contributed by atoms with Crippen LogP contribution in [0.3, 0.4) is 0 Å². The third-order valence-electron chi connectivity index (χ3n) is 1.83. The number of nitrogens with one attached hydrogen (secondary N) is 1. The second-order valence-electron chi connectivity index (χ2n) is 2.77. The molecule has 6 heteroatoms. The minimum atomic E-state index is -3.76. The average molecular weight is 201 g/mol. The van der Waals surface area contributed by atoms with E-state index in [1.807, 2.05) is 0 Å². The number of fused-ring (bicyclic) bond motifs is 1. The summed E-state index contributed by atoms with van der Waals surface area (Å²) in [6.07, 6.45) is 0. The molecule has 0 radical (unpaired) electrons. The first-order valence-electron chi connectivity index (χ1n) is 3.52. The van der Waals surface area contributed by atoms with E-state index < -0.39 is 15.9 Å². The molecule has 5 nitrogen and oxygen atoms in total. The summed E-state index contributed by atoms with van der Waals surface area (Å²) in [6.45, 7) is 0. The summed E-state index contributed by atoms with van der Waals surface area (Å²) in [5, 5.41) is 18.5. The minimum absolute atomic E-state index is 0.0463. The fourth-order valence-electron chi connectivity index (χ4n) is 1.29. The highest BCUT2D eigenvalue weighted by Gasteiger charge is 2.43. The van der Waals surface area contributed by atoms with Crippen LogP contribution in [-0.4, -0.2) is 18.6 Å². The van der Waals surface area contributed by atoms with E-state index in [0.717, 1.165) is 0 Å². The monoisotopic (exact) mass is 201 g/mol. The Balaban J connectivity index is 2.79. The number of rotatable bonds is 0. The molecule has 0 bridgehead atoms. The van der Waals surface area contributed by atoms with Gasteiger partial charge in [-0.3, -0.25) is 0 Å². The molecular weight excluding hydrogens is 194 g/mol. The van der Waals surface area contributed by atoms with Gasteiger partial charge in [0.25, 0.3) is 5.91 Å². The van der Waals surface area contributed by atoms with Gasteiger partial charge >= 0.3 is 0 Å². The van der Waals surface area contributed by atoms with Gasteiger partial charge in [-0.25, -0.2) is 8.42 Å². The van der Waals surface area contributed by atoms with Gasteiger partial charge in [0.1, 0.15) is 0 Å². The summed E-state index contributed by atoms with van der Waals surface area (Å²) in [4.78, 5) is -0.0972. The molecule has 1 aromatic carbocycles. The van der Waals surface area contributed by atoms with Gasteiger partial charge in [-0.05, 0) is 6.07 Å². The van der Waals surface area contributed by atoms with Gasteiger partial charge < -0.3 is 10.2 Å². The Morgan fingerprint density at radius 1 is 1.23 bits per heavy atom. The Hall–Kier alpha value is -0.950. The molecule has 13 heavy (non-hydrogen) atoms. The number of hydrogen-bond donors (Lipinski definition) is 3. The van der Waals surface area contributed by atoms with Crippen LogP contribution in [0.15, 0.2) is 29.2 Å². The molecule has 0 fully saturated rings. The van der Waals surface area contributed by atoms with Crippen molar-refractivity contribution in [2.45, 2.75) is 10.8 Å². The van der Waals surface area contributed by atoms with Crippen LogP contribution in [0.5, 0.6) is 0 Å².